The van der Waals surface area contributed by atoms with Gasteiger partial charge in [0, 0.05) is 36.5 Å². The van der Waals surface area contributed by atoms with Gasteiger partial charge in [0.05, 0.1) is 7.11 Å². The minimum Gasteiger partial charge on any atom is -0.496 e. The van der Waals surface area contributed by atoms with Gasteiger partial charge in [0.1, 0.15) is 11.5 Å². The zero-order valence-corrected chi connectivity index (χ0v) is 19.0. The van der Waals surface area contributed by atoms with Crippen LogP contribution in [0.15, 0.2) is 79.0 Å². The van der Waals surface area contributed by atoms with Crippen LogP contribution in [0.4, 0.5) is 0 Å². The van der Waals surface area contributed by atoms with E-state index >= 15 is 0 Å². The van der Waals surface area contributed by atoms with E-state index in [1.807, 2.05) is 24.3 Å². The first-order chi connectivity index (χ1) is 15.7. The molecule has 3 heteroatoms. The minimum atomic E-state index is 0.319. The molecule has 3 aromatic carbocycles. The van der Waals surface area contributed by atoms with E-state index in [2.05, 4.69) is 66.2 Å². The highest BCUT2D eigenvalue weighted by Gasteiger charge is 2.11. The molecular formula is C29H31NO2. The van der Waals surface area contributed by atoms with Crippen molar-refractivity contribution in [3.8, 4) is 5.75 Å². The highest BCUT2D eigenvalue weighted by atomic mass is 16.5. The standard InChI is InChI=1S/C29H31NO2/c1-22-10-3-4-12-24(22)20-30-21-25(27-15-6-7-16-28(27)30)13-9-14-26(31)19-18-23-11-5-8-17-29(23)32-2/h3-8,10-12,15-17,21H,9,13-14,18-20H2,1-2H3. The lowest BCUT2D eigenvalue weighted by molar-refractivity contribution is -0.119. The number of ether oxygens (including phenoxy) is 1. The molecule has 0 bridgehead atoms. The number of ketones is 1. The second-order valence-corrected chi connectivity index (χ2v) is 8.43. The van der Waals surface area contributed by atoms with Crippen LogP contribution in [-0.2, 0) is 24.2 Å². The van der Waals surface area contributed by atoms with Crippen molar-refractivity contribution in [2.24, 2.45) is 0 Å². The molecule has 1 heterocycles. The number of carbonyl (C=O) groups is 1. The van der Waals surface area contributed by atoms with Crippen molar-refractivity contribution in [1.82, 2.24) is 4.57 Å². The maximum atomic E-state index is 12.5. The van der Waals surface area contributed by atoms with Crippen molar-refractivity contribution in [2.75, 3.05) is 7.11 Å². The third kappa shape index (κ3) is 5.11. The van der Waals surface area contributed by atoms with Gasteiger partial charge in [-0.15, -0.1) is 0 Å². The van der Waals surface area contributed by atoms with E-state index in [-0.39, 0.29) is 0 Å². The Hall–Kier alpha value is -3.33. The fraction of sp³-hybridized carbons (Fsp3) is 0.276. The molecule has 0 saturated heterocycles. The molecule has 4 aromatic rings. The van der Waals surface area contributed by atoms with E-state index in [0.717, 1.165) is 37.1 Å². The Bertz CT molecular complexity index is 1200. The maximum Gasteiger partial charge on any atom is 0.133 e. The molecule has 32 heavy (non-hydrogen) atoms. The molecule has 0 atom stereocenters. The van der Waals surface area contributed by atoms with Gasteiger partial charge in [-0.25, -0.2) is 0 Å². The number of para-hydroxylation sites is 2. The fourth-order valence-corrected chi connectivity index (χ4v) is 4.41. The van der Waals surface area contributed by atoms with Gasteiger partial charge in [0.2, 0.25) is 0 Å². The van der Waals surface area contributed by atoms with Gasteiger partial charge >= 0.3 is 0 Å². The van der Waals surface area contributed by atoms with Gasteiger partial charge in [0.25, 0.3) is 0 Å². The quantitative estimate of drug-likeness (QED) is 0.289. The molecular weight excluding hydrogens is 394 g/mol. The number of hydrogen-bond donors (Lipinski definition) is 0. The molecule has 4 rings (SSSR count). The zero-order valence-electron chi connectivity index (χ0n) is 19.0. The van der Waals surface area contributed by atoms with E-state index in [0.29, 0.717) is 18.6 Å². The first-order valence-electron chi connectivity index (χ1n) is 11.4. The molecule has 0 aliphatic carbocycles. The lowest BCUT2D eigenvalue weighted by Crippen LogP contribution is -2.02. The Morgan fingerprint density at radius 1 is 0.812 bits per heavy atom. The summed E-state index contributed by atoms with van der Waals surface area (Å²) in [7, 11) is 1.68. The largest absolute Gasteiger partial charge is 0.496 e. The fourth-order valence-electron chi connectivity index (χ4n) is 4.41. The van der Waals surface area contributed by atoms with Gasteiger partial charge in [-0.2, -0.15) is 0 Å². The second-order valence-electron chi connectivity index (χ2n) is 8.43. The maximum absolute atomic E-state index is 12.5. The summed E-state index contributed by atoms with van der Waals surface area (Å²) in [5, 5.41) is 1.29. The molecule has 3 nitrogen and oxygen atoms in total. The van der Waals surface area contributed by atoms with Crippen LogP contribution >= 0.6 is 0 Å². The van der Waals surface area contributed by atoms with Gasteiger partial charge in [-0.1, -0.05) is 60.7 Å². The molecule has 0 spiro atoms. The molecule has 164 valence electrons. The highest BCUT2D eigenvalue weighted by Crippen LogP contribution is 2.25. The lowest BCUT2D eigenvalue weighted by atomic mass is 10.0. The summed E-state index contributed by atoms with van der Waals surface area (Å²) in [6.45, 7) is 3.03. The van der Waals surface area contributed by atoms with Crippen LogP contribution in [0.5, 0.6) is 5.75 Å². The first kappa shape index (κ1) is 21.9. The molecule has 0 radical (unpaired) electrons. The molecule has 0 aliphatic rings. The Kier molecular flexibility index (Phi) is 7.06. The van der Waals surface area contributed by atoms with Crippen molar-refractivity contribution in [2.45, 2.75) is 45.6 Å². The van der Waals surface area contributed by atoms with E-state index in [9.17, 15) is 4.79 Å². The molecule has 1 aromatic heterocycles. The summed E-state index contributed by atoms with van der Waals surface area (Å²) in [5.41, 5.74) is 6.33. The summed E-state index contributed by atoms with van der Waals surface area (Å²) >= 11 is 0. The molecule has 0 unspecified atom stereocenters. The third-order valence-corrected chi connectivity index (χ3v) is 6.24. The topological polar surface area (TPSA) is 31.2 Å². The zero-order chi connectivity index (χ0) is 22.3. The van der Waals surface area contributed by atoms with Gasteiger partial charge < -0.3 is 9.30 Å². The van der Waals surface area contributed by atoms with E-state index < -0.39 is 0 Å². The Morgan fingerprint density at radius 2 is 1.53 bits per heavy atom. The molecule has 0 aliphatic heterocycles. The number of nitrogens with zero attached hydrogens (tertiary/aromatic N) is 1. The monoisotopic (exact) mass is 425 g/mol. The predicted octanol–water partition coefficient (Wildman–Crippen LogP) is 6.53. The lowest BCUT2D eigenvalue weighted by Gasteiger charge is -2.08. The molecule has 0 amide bonds. The average Bonchev–Trinajstić information content (AvgIpc) is 3.17. The van der Waals surface area contributed by atoms with Crippen molar-refractivity contribution in [3.05, 3.63) is 101 Å². The first-order valence-corrected chi connectivity index (χ1v) is 11.4. The number of fused-ring (bicyclic) bond motifs is 1. The number of hydrogen-bond acceptors (Lipinski definition) is 2. The minimum absolute atomic E-state index is 0.319. The number of Topliss-reactive ketones (excluding diaryl/α,β-unsaturated/α-hetero) is 1. The smallest absolute Gasteiger partial charge is 0.133 e. The van der Waals surface area contributed by atoms with E-state index in [1.54, 1.807) is 7.11 Å². The number of rotatable bonds is 10. The van der Waals surface area contributed by atoms with Crippen LogP contribution in [0.25, 0.3) is 10.9 Å². The van der Waals surface area contributed by atoms with Crippen LogP contribution in [0, 0.1) is 6.92 Å². The van der Waals surface area contributed by atoms with Crippen LogP contribution in [-0.4, -0.2) is 17.5 Å². The van der Waals surface area contributed by atoms with Crippen molar-refractivity contribution in [3.63, 3.8) is 0 Å². The van der Waals surface area contributed by atoms with Crippen LogP contribution in [0.3, 0.4) is 0 Å². The van der Waals surface area contributed by atoms with Crippen molar-refractivity contribution >= 4 is 16.7 Å². The van der Waals surface area contributed by atoms with Gasteiger partial charge in [-0.3, -0.25) is 4.79 Å². The number of carbonyl (C=O) groups excluding carboxylic acids is 1. The Balaban J connectivity index is 1.38. The van der Waals surface area contributed by atoms with Crippen molar-refractivity contribution in [1.29, 1.82) is 0 Å². The van der Waals surface area contributed by atoms with E-state index in [1.165, 1.54) is 27.6 Å². The van der Waals surface area contributed by atoms with Gasteiger partial charge in [-0.05, 0) is 60.6 Å². The third-order valence-electron chi connectivity index (χ3n) is 6.24. The number of aromatic nitrogens is 1. The van der Waals surface area contributed by atoms with E-state index in [4.69, 9.17) is 4.74 Å². The summed E-state index contributed by atoms with van der Waals surface area (Å²) in [6, 6.07) is 25.1. The number of aryl methyl sites for hydroxylation is 3. The highest BCUT2D eigenvalue weighted by molar-refractivity contribution is 5.84. The Morgan fingerprint density at radius 3 is 2.34 bits per heavy atom. The molecule has 0 saturated carbocycles. The average molecular weight is 426 g/mol. The summed E-state index contributed by atoms with van der Waals surface area (Å²) in [4.78, 5) is 12.5. The van der Waals surface area contributed by atoms with Crippen LogP contribution in [0.2, 0.25) is 0 Å². The van der Waals surface area contributed by atoms with Crippen LogP contribution < -0.4 is 4.74 Å². The normalized spacial score (nSPS) is 11.1. The SMILES string of the molecule is COc1ccccc1CCC(=O)CCCc1cn(Cc2ccccc2C)c2ccccc12. The van der Waals surface area contributed by atoms with Gasteiger partial charge in [0.15, 0.2) is 0 Å². The second kappa shape index (κ2) is 10.3. The van der Waals surface area contributed by atoms with Crippen LogP contribution in [0.1, 0.15) is 41.5 Å². The molecule has 0 fully saturated rings. The summed E-state index contributed by atoms with van der Waals surface area (Å²) in [6.07, 6.45) is 5.99. The van der Waals surface area contributed by atoms with Crippen molar-refractivity contribution < 1.29 is 9.53 Å². The number of methoxy groups -OCH3 is 1. The number of benzene rings is 3. The Labute approximate surface area is 190 Å². The predicted molar refractivity (Wildman–Crippen MR) is 131 cm³/mol. The summed E-state index contributed by atoms with van der Waals surface area (Å²) in [5.74, 6) is 1.18. The molecule has 0 N–H and O–H groups in total. The summed E-state index contributed by atoms with van der Waals surface area (Å²) < 4.78 is 7.74.